The Morgan fingerprint density at radius 3 is 2.40 bits per heavy atom. The molecule has 0 spiro atoms. The summed E-state index contributed by atoms with van der Waals surface area (Å²) in [7, 11) is -3.22. The van der Waals surface area contributed by atoms with Gasteiger partial charge in [0.05, 0.1) is 6.61 Å². The molecule has 0 radical (unpaired) electrons. The fourth-order valence-corrected chi connectivity index (χ4v) is 0.625. The minimum absolute atomic E-state index is 0.862. The van der Waals surface area contributed by atoms with Gasteiger partial charge in [-0.15, -0.1) is 4.52 Å². The van der Waals surface area contributed by atoms with E-state index in [4.69, 9.17) is 10.2 Å². The maximum atomic E-state index is 9.91. The summed E-state index contributed by atoms with van der Waals surface area (Å²) in [6, 6.07) is 0. The smallest absolute Gasteiger partial charge is 0.489 e. The average molecular weight is 168 g/mol. The number of aliphatic hydroxyl groups excluding tert-OH is 1. The lowest BCUT2D eigenvalue weighted by Gasteiger charge is -2.00. The Morgan fingerprint density at radius 2 is 2.30 bits per heavy atom. The molecule has 2 atom stereocenters. The molecule has 0 saturated heterocycles. The third kappa shape index (κ3) is 3.47. The second kappa shape index (κ2) is 4.29. The van der Waals surface area contributed by atoms with Crippen LogP contribution in [0.3, 0.4) is 0 Å². The molecule has 0 fully saturated rings. The molecule has 0 aromatic carbocycles. The van der Waals surface area contributed by atoms with Crippen LogP contribution in [0.25, 0.3) is 0 Å². The van der Waals surface area contributed by atoms with Crippen molar-refractivity contribution in [2.75, 3.05) is 6.61 Å². The van der Waals surface area contributed by atoms with Crippen molar-refractivity contribution < 1.29 is 29.0 Å². The molecular weight excluding hydrogens is 163 g/mol. The van der Waals surface area contributed by atoms with Crippen molar-refractivity contribution in [3.05, 3.63) is 0 Å². The first kappa shape index (κ1) is 9.45. The van der Waals surface area contributed by atoms with E-state index in [2.05, 4.69) is 4.52 Å². The van der Waals surface area contributed by atoms with Gasteiger partial charge in [0.2, 0.25) is 6.10 Å². The Hall–Kier alpha value is -0.550. The van der Waals surface area contributed by atoms with Crippen molar-refractivity contribution >= 4 is 14.2 Å². The highest BCUT2D eigenvalue weighted by atomic mass is 31.1. The van der Waals surface area contributed by atoms with Crippen molar-refractivity contribution in [3.8, 4) is 0 Å². The molecule has 1 unspecified atom stereocenters. The molecule has 10 heavy (non-hydrogen) atoms. The molecule has 0 heterocycles. The molecule has 0 aliphatic heterocycles. The van der Waals surface area contributed by atoms with E-state index in [0.717, 1.165) is 0 Å². The molecule has 0 aliphatic rings. The zero-order chi connectivity index (χ0) is 8.15. The molecule has 7 heteroatoms. The molecule has 6 nitrogen and oxygen atoms in total. The number of aliphatic carboxylic acids is 1. The first-order valence-electron chi connectivity index (χ1n) is 2.22. The zero-order valence-electron chi connectivity index (χ0n) is 4.76. The molecule has 0 aromatic heterocycles. The van der Waals surface area contributed by atoms with Gasteiger partial charge in [0.25, 0.3) is 0 Å². The lowest BCUT2D eigenvalue weighted by atomic mass is 10.4. The van der Waals surface area contributed by atoms with Gasteiger partial charge in [0.1, 0.15) is 0 Å². The normalized spacial score (nSPS) is 14.4. The van der Waals surface area contributed by atoms with Crippen LogP contribution in [0.1, 0.15) is 0 Å². The molecule has 58 valence electrons. The van der Waals surface area contributed by atoms with Crippen LogP contribution in [0.15, 0.2) is 0 Å². The van der Waals surface area contributed by atoms with Crippen LogP contribution in [-0.2, 0) is 13.9 Å². The Bertz CT molecular complexity index is 144. The van der Waals surface area contributed by atoms with Crippen LogP contribution in [0, 0.1) is 0 Å². The summed E-state index contributed by atoms with van der Waals surface area (Å²) in [5, 5.41) is 16.2. The van der Waals surface area contributed by atoms with Gasteiger partial charge < -0.3 is 15.1 Å². The Morgan fingerprint density at radius 1 is 1.80 bits per heavy atom. The van der Waals surface area contributed by atoms with Crippen LogP contribution in [-0.4, -0.2) is 28.9 Å². The van der Waals surface area contributed by atoms with E-state index < -0.39 is 26.9 Å². The Labute approximate surface area is 57.0 Å². The van der Waals surface area contributed by atoms with Crippen molar-refractivity contribution in [3.63, 3.8) is 0 Å². The van der Waals surface area contributed by atoms with Crippen LogP contribution in [0.4, 0.5) is 0 Å². The van der Waals surface area contributed by atoms with Crippen LogP contribution < -0.4 is 4.89 Å². The molecule has 0 bridgehead atoms. The number of carbonyl (C=O) groups is 1. The predicted octanol–water partition coefficient (Wildman–Crippen LogP) is -1.53. The zero-order valence-corrected chi connectivity index (χ0v) is 5.65. The van der Waals surface area contributed by atoms with Crippen LogP contribution in [0.5, 0.6) is 0 Å². The van der Waals surface area contributed by atoms with Gasteiger partial charge in [-0.2, -0.15) is 0 Å². The van der Waals surface area contributed by atoms with E-state index in [-0.39, 0.29) is 0 Å². The van der Waals surface area contributed by atoms with E-state index >= 15 is 0 Å². The van der Waals surface area contributed by atoms with Gasteiger partial charge in [-0.25, -0.2) is 4.79 Å². The fraction of sp³-hybridized carbons (Fsp3) is 0.667. The molecule has 0 amide bonds. The van der Waals surface area contributed by atoms with Gasteiger partial charge in [0, 0.05) is 0 Å². The number of rotatable bonds is 4. The Kier molecular flexibility index (Phi) is 4.06. The molecule has 0 aliphatic carbocycles. The third-order valence-electron chi connectivity index (χ3n) is 0.655. The van der Waals surface area contributed by atoms with E-state index in [0.29, 0.717) is 0 Å². The first-order chi connectivity index (χ1) is 4.57. The van der Waals surface area contributed by atoms with Gasteiger partial charge in [-0.3, -0.25) is 0 Å². The summed E-state index contributed by atoms with van der Waals surface area (Å²) >= 11 is 0. The van der Waals surface area contributed by atoms with E-state index in [1.807, 2.05) is 0 Å². The second-order valence-corrected chi connectivity index (χ2v) is 2.00. The van der Waals surface area contributed by atoms with Gasteiger partial charge >= 0.3 is 14.2 Å². The summed E-state index contributed by atoms with van der Waals surface area (Å²) in [4.78, 5) is 19.6. The number of aliphatic hydroxyl groups is 1. The van der Waals surface area contributed by atoms with E-state index in [1.165, 1.54) is 0 Å². The Balaban J connectivity index is 3.83. The molecule has 0 rings (SSSR count). The fourth-order valence-electron chi connectivity index (χ4n) is 0.260. The van der Waals surface area contributed by atoms with Gasteiger partial charge in [0.15, 0.2) is 0 Å². The highest BCUT2D eigenvalue weighted by molar-refractivity contribution is 7.30. The molecule has 2 N–H and O–H groups in total. The van der Waals surface area contributed by atoms with Gasteiger partial charge in [-0.05, 0) is 4.57 Å². The second-order valence-electron chi connectivity index (χ2n) is 1.34. The van der Waals surface area contributed by atoms with Crippen molar-refractivity contribution in [2.24, 2.45) is 0 Å². The number of hydrogen-bond acceptors (Lipinski definition) is 5. The largest absolute Gasteiger partial charge is 0.566 e. The molecule has 0 saturated carbocycles. The van der Waals surface area contributed by atoms with Gasteiger partial charge in [-0.1, -0.05) is 0 Å². The number of hydrogen-bond donors (Lipinski definition) is 2. The number of carboxylic acid groups (broad SMARTS) is 1. The maximum Gasteiger partial charge on any atom is 0.489 e. The van der Waals surface area contributed by atoms with Crippen molar-refractivity contribution in [1.29, 1.82) is 0 Å². The SMILES string of the molecule is O=C(O)[C@@H](CO)O[P+](=O)[O-]. The first-order valence-corrected chi connectivity index (χ1v) is 3.32. The summed E-state index contributed by atoms with van der Waals surface area (Å²) in [5.74, 6) is -1.51. The quantitative estimate of drug-likeness (QED) is 0.493. The van der Waals surface area contributed by atoms with Crippen LogP contribution in [0.2, 0.25) is 0 Å². The topological polar surface area (TPSA) is 107 Å². The minimum Gasteiger partial charge on any atom is -0.566 e. The highest BCUT2D eigenvalue weighted by Gasteiger charge is 2.23. The monoisotopic (exact) mass is 168 g/mol. The summed E-state index contributed by atoms with van der Waals surface area (Å²) < 4.78 is 13.5. The van der Waals surface area contributed by atoms with E-state index in [1.54, 1.807) is 0 Å². The number of carboxylic acids is 1. The van der Waals surface area contributed by atoms with Crippen molar-refractivity contribution in [1.82, 2.24) is 0 Å². The van der Waals surface area contributed by atoms with Crippen molar-refractivity contribution in [2.45, 2.75) is 6.10 Å². The third-order valence-corrected chi connectivity index (χ3v) is 1.08. The summed E-state index contributed by atoms with van der Waals surface area (Å²) in [5.41, 5.74) is 0. The molecule has 0 aromatic rings. The summed E-state index contributed by atoms with van der Waals surface area (Å²) in [6.07, 6.45) is -1.68. The highest BCUT2D eigenvalue weighted by Crippen LogP contribution is 2.12. The predicted molar refractivity (Wildman–Crippen MR) is 27.2 cm³/mol. The maximum absolute atomic E-state index is 9.91. The minimum atomic E-state index is -3.22. The van der Waals surface area contributed by atoms with Crippen LogP contribution >= 0.6 is 8.25 Å². The molecular formula is C3H5O6P. The standard InChI is InChI=1S/C3H5O6P/c4-1-2(3(5)6)9-10(7)8/h2,4H,1H2,(H,5,6)/t2-/m1/s1. The average Bonchev–Trinajstić information content (AvgIpc) is 1.81. The van der Waals surface area contributed by atoms with E-state index in [9.17, 15) is 14.3 Å². The summed E-state index contributed by atoms with van der Waals surface area (Å²) in [6.45, 7) is -0.862. The lowest BCUT2D eigenvalue weighted by molar-refractivity contribution is -0.194. The lowest BCUT2D eigenvalue weighted by Crippen LogP contribution is -2.26.